The van der Waals surface area contributed by atoms with E-state index in [2.05, 4.69) is 48.4 Å². The second-order valence-electron chi connectivity index (χ2n) is 5.68. The van der Waals surface area contributed by atoms with Crippen molar-refractivity contribution >= 4 is 11.6 Å². The van der Waals surface area contributed by atoms with Crippen LogP contribution in [0.5, 0.6) is 0 Å². The molecule has 0 amide bonds. The molecule has 0 saturated carbocycles. The number of nitrogens with two attached hydrogens (primary N) is 1. The molecule has 0 aliphatic heterocycles. The third-order valence-corrected chi connectivity index (χ3v) is 3.47. The Kier molecular flexibility index (Phi) is 7.30. The standard InChI is InChI=1S/C15H29N5/c1-5-6-7-8-9-12(4)19-14-13(11(2)3)15(20-16)18-10-17-14/h10-12H,5-9,16H2,1-4H3,(H2,17,18,19,20). The molecule has 4 N–H and O–H groups in total. The normalized spacial score (nSPS) is 12.5. The summed E-state index contributed by atoms with van der Waals surface area (Å²) in [5.41, 5.74) is 3.71. The Bertz CT molecular complexity index is 392. The topological polar surface area (TPSA) is 75.9 Å². The highest BCUT2D eigenvalue weighted by atomic mass is 15.3. The predicted octanol–water partition coefficient (Wildman–Crippen LogP) is 3.66. The first-order valence-electron chi connectivity index (χ1n) is 7.68. The molecule has 0 radical (unpaired) electrons. The van der Waals surface area contributed by atoms with E-state index in [1.165, 1.54) is 25.7 Å². The highest BCUT2D eigenvalue weighted by Gasteiger charge is 2.15. The van der Waals surface area contributed by atoms with Crippen LogP contribution < -0.4 is 16.6 Å². The van der Waals surface area contributed by atoms with Crippen LogP contribution in [-0.2, 0) is 0 Å². The molecular weight excluding hydrogens is 250 g/mol. The van der Waals surface area contributed by atoms with Crippen LogP contribution in [0.3, 0.4) is 0 Å². The van der Waals surface area contributed by atoms with Gasteiger partial charge in [-0.3, -0.25) is 0 Å². The summed E-state index contributed by atoms with van der Waals surface area (Å²) in [5, 5.41) is 3.50. The minimum atomic E-state index is 0.317. The first-order valence-corrected chi connectivity index (χ1v) is 7.68. The van der Waals surface area contributed by atoms with E-state index >= 15 is 0 Å². The van der Waals surface area contributed by atoms with Crippen molar-refractivity contribution in [3.63, 3.8) is 0 Å². The third kappa shape index (κ3) is 4.96. The first-order chi connectivity index (χ1) is 9.60. The van der Waals surface area contributed by atoms with Crippen LogP contribution in [0.1, 0.15) is 71.3 Å². The number of hydrogen-bond acceptors (Lipinski definition) is 5. The Morgan fingerprint density at radius 3 is 2.40 bits per heavy atom. The van der Waals surface area contributed by atoms with E-state index in [-0.39, 0.29) is 0 Å². The SMILES string of the molecule is CCCCCCC(C)Nc1ncnc(NN)c1C(C)C. The second-order valence-corrected chi connectivity index (χ2v) is 5.68. The van der Waals surface area contributed by atoms with Gasteiger partial charge in [0.1, 0.15) is 18.0 Å². The molecule has 0 aliphatic rings. The molecule has 1 aromatic rings. The van der Waals surface area contributed by atoms with Crippen LogP contribution in [0.15, 0.2) is 6.33 Å². The maximum Gasteiger partial charge on any atom is 0.148 e. The number of nitrogen functional groups attached to an aromatic ring is 1. The van der Waals surface area contributed by atoms with Crippen LogP contribution in [0, 0.1) is 0 Å². The van der Waals surface area contributed by atoms with E-state index in [1.807, 2.05) is 0 Å². The second kappa shape index (κ2) is 8.74. The molecule has 1 unspecified atom stereocenters. The molecule has 0 fully saturated rings. The molecule has 5 nitrogen and oxygen atoms in total. The fraction of sp³-hybridized carbons (Fsp3) is 0.733. The number of aromatic nitrogens is 2. The summed E-state index contributed by atoms with van der Waals surface area (Å²) in [6.07, 6.45) is 7.86. The number of nitrogens with zero attached hydrogens (tertiary/aromatic N) is 2. The van der Waals surface area contributed by atoms with Crippen molar-refractivity contribution in [3.05, 3.63) is 11.9 Å². The molecule has 1 aromatic heterocycles. The smallest absolute Gasteiger partial charge is 0.148 e. The average molecular weight is 279 g/mol. The molecule has 114 valence electrons. The Balaban J connectivity index is 2.66. The fourth-order valence-corrected chi connectivity index (χ4v) is 2.36. The van der Waals surface area contributed by atoms with Crippen molar-refractivity contribution in [2.45, 2.75) is 71.8 Å². The average Bonchev–Trinajstić information content (AvgIpc) is 2.43. The van der Waals surface area contributed by atoms with Crippen LogP contribution >= 0.6 is 0 Å². The van der Waals surface area contributed by atoms with Crippen molar-refractivity contribution in [1.29, 1.82) is 0 Å². The van der Waals surface area contributed by atoms with Crippen molar-refractivity contribution in [2.75, 3.05) is 10.7 Å². The maximum atomic E-state index is 5.53. The van der Waals surface area contributed by atoms with Gasteiger partial charge < -0.3 is 10.7 Å². The molecule has 0 spiro atoms. The molecule has 20 heavy (non-hydrogen) atoms. The van der Waals surface area contributed by atoms with Gasteiger partial charge in [-0.2, -0.15) is 0 Å². The molecule has 0 aliphatic carbocycles. The van der Waals surface area contributed by atoms with E-state index in [0.29, 0.717) is 17.8 Å². The summed E-state index contributed by atoms with van der Waals surface area (Å²) in [4.78, 5) is 8.56. The van der Waals surface area contributed by atoms with Gasteiger partial charge in [0.05, 0.1) is 0 Å². The lowest BCUT2D eigenvalue weighted by Gasteiger charge is -2.20. The van der Waals surface area contributed by atoms with Crippen molar-refractivity contribution in [1.82, 2.24) is 9.97 Å². The lowest BCUT2D eigenvalue weighted by Crippen LogP contribution is -2.20. The van der Waals surface area contributed by atoms with Crippen LogP contribution in [0.25, 0.3) is 0 Å². The molecular formula is C15H29N5. The van der Waals surface area contributed by atoms with Gasteiger partial charge in [-0.25, -0.2) is 15.8 Å². The maximum absolute atomic E-state index is 5.53. The van der Waals surface area contributed by atoms with E-state index in [9.17, 15) is 0 Å². The van der Waals surface area contributed by atoms with Gasteiger partial charge in [-0.15, -0.1) is 0 Å². The molecule has 0 bridgehead atoms. The molecule has 1 rings (SSSR count). The minimum Gasteiger partial charge on any atom is -0.367 e. The van der Waals surface area contributed by atoms with Gasteiger partial charge in [0.15, 0.2) is 0 Å². The van der Waals surface area contributed by atoms with Crippen LogP contribution in [0.4, 0.5) is 11.6 Å². The van der Waals surface area contributed by atoms with Crippen LogP contribution in [-0.4, -0.2) is 16.0 Å². The Labute approximate surface area is 122 Å². The van der Waals surface area contributed by atoms with Gasteiger partial charge in [0.25, 0.3) is 0 Å². The number of unbranched alkanes of at least 4 members (excludes halogenated alkanes) is 3. The number of anilines is 2. The minimum absolute atomic E-state index is 0.317. The highest BCUT2D eigenvalue weighted by Crippen LogP contribution is 2.28. The van der Waals surface area contributed by atoms with Crippen molar-refractivity contribution in [3.8, 4) is 0 Å². The van der Waals surface area contributed by atoms with Crippen LogP contribution in [0.2, 0.25) is 0 Å². The first kappa shape index (κ1) is 16.7. The molecule has 0 aromatic carbocycles. The lowest BCUT2D eigenvalue weighted by atomic mass is 10.0. The van der Waals surface area contributed by atoms with E-state index in [0.717, 1.165) is 17.8 Å². The summed E-state index contributed by atoms with van der Waals surface area (Å²) >= 11 is 0. The molecule has 5 heteroatoms. The van der Waals surface area contributed by atoms with E-state index in [4.69, 9.17) is 5.84 Å². The quantitative estimate of drug-likeness (QED) is 0.365. The summed E-state index contributed by atoms with van der Waals surface area (Å²) in [5.74, 6) is 7.45. The lowest BCUT2D eigenvalue weighted by molar-refractivity contribution is 0.592. The van der Waals surface area contributed by atoms with Crippen molar-refractivity contribution < 1.29 is 0 Å². The number of nitrogens with one attached hydrogen (secondary N) is 2. The number of hydrazine groups is 1. The van der Waals surface area contributed by atoms with E-state index in [1.54, 1.807) is 6.33 Å². The summed E-state index contributed by atoms with van der Waals surface area (Å²) in [6, 6.07) is 0.407. The zero-order valence-electron chi connectivity index (χ0n) is 13.2. The Hall–Kier alpha value is -1.36. The monoisotopic (exact) mass is 279 g/mol. The molecule has 1 heterocycles. The zero-order chi connectivity index (χ0) is 15.0. The Morgan fingerprint density at radius 1 is 1.10 bits per heavy atom. The molecule has 0 saturated heterocycles. The summed E-state index contributed by atoms with van der Waals surface area (Å²) in [6.45, 7) is 8.68. The summed E-state index contributed by atoms with van der Waals surface area (Å²) < 4.78 is 0. The third-order valence-electron chi connectivity index (χ3n) is 3.47. The summed E-state index contributed by atoms with van der Waals surface area (Å²) in [7, 11) is 0. The molecule has 1 atom stereocenters. The van der Waals surface area contributed by atoms with E-state index < -0.39 is 0 Å². The predicted molar refractivity (Wildman–Crippen MR) is 85.8 cm³/mol. The van der Waals surface area contributed by atoms with Gasteiger partial charge >= 0.3 is 0 Å². The number of hydrogen-bond donors (Lipinski definition) is 3. The van der Waals surface area contributed by atoms with Gasteiger partial charge in [-0.05, 0) is 19.3 Å². The van der Waals surface area contributed by atoms with Gasteiger partial charge in [-0.1, -0.05) is 46.5 Å². The van der Waals surface area contributed by atoms with Crippen molar-refractivity contribution in [2.24, 2.45) is 5.84 Å². The largest absolute Gasteiger partial charge is 0.367 e. The fourth-order valence-electron chi connectivity index (χ4n) is 2.36. The number of rotatable bonds is 9. The van der Waals surface area contributed by atoms with Gasteiger partial charge in [0.2, 0.25) is 0 Å². The zero-order valence-corrected chi connectivity index (χ0v) is 13.2. The highest BCUT2D eigenvalue weighted by molar-refractivity contribution is 5.58. The van der Waals surface area contributed by atoms with Gasteiger partial charge in [0, 0.05) is 11.6 Å². The Morgan fingerprint density at radius 2 is 1.80 bits per heavy atom.